The number of aliphatic hydroxyl groups excluding tert-OH is 1. The Bertz CT molecular complexity index is 1560. The number of rotatable bonds is 8. The summed E-state index contributed by atoms with van der Waals surface area (Å²) in [5, 5.41) is 10.7. The maximum absolute atomic E-state index is 10.7. The van der Waals surface area contributed by atoms with E-state index >= 15 is 0 Å². The zero-order valence-corrected chi connectivity index (χ0v) is 20.6. The molecule has 0 radical (unpaired) electrons. The van der Waals surface area contributed by atoms with Crippen molar-refractivity contribution in [3.63, 3.8) is 0 Å². The summed E-state index contributed by atoms with van der Waals surface area (Å²) in [7, 11) is 0. The van der Waals surface area contributed by atoms with Crippen LogP contribution >= 0.6 is 0 Å². The van der Waals surface area contributed by atoms with Crippen LogP contribution in [0.3, 0.4) is 0 Å². The highest BCUT2D eigenvalue weighted by molar-refractivity contribution is 6.02. The molecule has 1 aliphatic heterocycles. The van der Waals surface area contributed by atoms with Crippen molar-refractivity contribution in [2.24, 2.45) is 4.99 Å². The minimum absolute atomic E-state index is 0.216. The first kappa shape index (κ1) is 23.2. The van der Waals surface area contributed by atoms with Gasteiger partial charge in [0.2, 0.25) is 0 Å². The van der Waals surface area contributed by atoms with Crippen LogP contribution in [0.1, 0.15) is 23.1 Å². The Balaban J connectivity index is 1.15. The van der Waals surface area contributed by atoms with Gasteiger partial charge in [0.05, 0.1) is 23.5 Å². The molecule has 1 atom stereocenters. The van der Waals surface area contributed by atoms with Crippen molar-refractivity contribution in [3.05, 3.63) is 120 Å². The third kappa shape index (κ3) is 5.18. The molecule has 37 heavy (non-hydrogen) atoms. The van der Waals surface area contributed by atoms with Crippen LogP contribution in [-0.4, -0.2) is 39.6 Å². The summed E-state index contributed by atoms with van der Waals surface area (Å²) in [6.07, 6.45) is 2.71. The first-order chi connectivity index (χ1) is 18.2. The summed E-state index contributed by atoms with van der Waals surface area (Å²) in [6.45, 7) is 1.77. The molecule has 0 saturated heterocycles. The number of nitrogens with zero attached hydrogens (tertiary/aromatic N) is 3. The normalized spacial score (nSPS) is 13.7. The number of fused-ring (bicyclic) bond motifs is 2. The molecule has 0 spiro atoms. The number of benzene rings is 4. The Morgan fingerprint density at radius 2 is 1.70 bits per heavy atom. The number of ether oxygens (including phenoxy) is 1. The van der Waals surface area contributed by atoms with Crippen molar-refractivity contribution < 1.29 is 9.84 Å². The molecule has 0 saturated carbocycles. The lowest BCUT2D eigenvalue weighted by Gasteiger charge is -2.19. The van der Waals surface area contributed by atoms with Gasteiger partial charge in [-0.05, 0) is 58.5 Å². The summed E-state index contributed by atoms with van der Waals surface area (Å²) in [6, 6.07) is 33.1. The first-order valence-electron chi connectivity index (χ1n) is 12.7. The summed E-state index contributed by atoms with van der Waals surface area (Å²) in [5.41, 5.74) is 8.88. The lowest BCUT2D eigenvalue weighted by Crippen LogP contribution is -2.24. The van der Waals surface area contributed by atoms with E-state index in [1.807, 2.05) is 36.7 Å². The van der Waals surface area contributed by atoms with E-state index in [0.717, 1.165) is 58.7 Å². The van der Waals surface area contributed by atoms with Crippen molar-refractivity contribution in [1.82, 2.24) is 9.55 Å². The Hall–Kier alpha value is -4.22. The van der Waals surface area contributed by atoms with E-state index in [0.29, 0.717) is 6.42 Å². The number of hydrogen-bond donors (Lipinski definition) is 1. The van der Waals surface area contributed by atoms with Crippen molar-refractivity contribution in [2.75, 3.05) is 13.2 Å². The fraction of sp³-hybridized carbons (Fsp3) is 0.188. The van der Waals surface area contributed by atoms with Crippen LogP contribution < -0.4 is 4.74 Å². The van der Waals surface area contributed by atoms with Crippen LogP contribution in [0.5, 0.6) is 5.75 Å². The van der Waals surface area contributed by atoms with Crippen LogP contribution in [0.25, 0.3) is 22.2 Å². The molecule has 1 aromatic heterocycles. The van der Waals surface area contributed by atoms with Crippen LogP contribution in [0.2, 0.25) is 0 Å². The van der Waals surface area contributed by atoms with Crippen LogP contribution in [0.4, 0.5) is 0 Å². The molecule has 6 rings (SSSR count). The van der Waals surface area contributed by atoms with E-state index in [-0.39, 0.29) is 6.61 Å². The van der Waals surface area contributed by atoms with Gasteiger partial charge in [-0.25, -0.2) is 4.98 Å². The van der Waals surface area contributed by atoms with Gasteiger partial charge in [-0.2, -0.15) is 0 Å². The lowest BCUT2D eigenvalue weighted by molar-refractivity contribution is 0.113. The number of aromatic nitrogens is 2. The van der Waals surface area contributed by atoms with E-state index in [1.54, 1.807) is 0 Å². The van der Waals surface area contributed by atoms with Crippen LogP contribution in [0.15, 0.2) is 108 Å². The number of hydrogen-bond acceptors (Lipinski definition) is 4. The quantitative estimate of drug-likeness (QED) is 0.295. The molecule has 0 amide bonds. The van der Waals surface area contributed by atoms with Crippen molar-refractivity contribution in [3.8, 4) is 16.9 Å². The number of imidazole rings is 1. The van der Waals surface area contributed by atoms with Crippen molar-refractivity contribution in [2.45, 2.75) is 25.5 Å². The molecule has 0 bridgehead atoms. The lowest BCUT2D eigenvalue weighted by atomic mass is 9.95. The molecule has 2 heterocycles. The molecular weight excluding hydrogens is 458 g/mol. The van der Waals surface area contributed by atoms with Gasteiger partial charge in [0.1, 0.15) is 12.4 Å². The van der Waals surface area contributed by atoms with E-state index < -0.39 is 6.10 Å². The minimum atomic E-state index is -0.628. The predicted molar refractivity (Wildman–Crippen MR) is 148 cm³/mol. The molecule has 1 unspecified atom stereocenters. The topological polar surface area (TPSA) is 59.6 Å². The highest BCUT2D eigenvalue weighted by Gasteiger charge is 2.17. The molecule has 184 valence electrons. The van der Waals surface area contributed by atoms with Gasteiger partial charge in [0.15, 0.2) is 0 Å². The van der Waals surface area contributed by atoms with E-state index in [9.17, 15) is 5.11 Å². The fourth-order valence-electron chi connectivity index (χ4n) is 4.97. The fourth-order valence-corrected chi connectivity index (χ4v) is 4.97. The zero-order valence-electron chi connectivity index (χ0n) is 20.6. The second kappa shape index (κ2) is 10.4. The largest absolute Gasteiger partial charge is 0.491 e. The summed E-state index contributed by atoms with van der Waals surface area (Å²) in [5.74, 6) is 0.737. The molecule has 0 aliphatic carbocycles. The van der Waals surface area contributed by atoms with E-state index in [2.05, 4.69) is 81.3 Å². The van der Waals surface area contributed by atoms with E-state index in [4.69, 9.17) is 4.74 Å². The molecule has 5 heteroatoms. The summed E-state index contributed by atoms with van der Waals surface area (Å²) < 4.78 is 8.19. The van der Waals surface area contributed by atoms with Crippen molar-refractivity contribution >= 4 is 16.7 Å². The third-order valence-corrected chi connectivity index (χ3v) is 6.87. The average molecular weight is 488 g/mol. The second-order valence-electron chi connectivity index (χ2n) is 9.49. The zero-order chi connectivity index (χ0) is 25.0. The van der Waals surface area contributed by atoms with Gasteiger partial charge >= 0.3 is 0 Å². The molecule has 5 nitrogen and oxygen atoms in total. The number of aliphatic imine (C=N–C) groups is 1. The molecule has 0 fully saturated rings. The predicted octanol–water partition coefficient (Wildman–Crippen LogP) is 5.93. The monoisotopic (exact) mass is 487 g/mol. The Labute approximate surface area is 216 Å². The SMILES string of the molecule is OC(COc1cccc(-c2ccc3ncn(Cc4ccccc4)c3c2)c1)CC1=NCCc2ccccc21. The first-order valence-corrected chi connectivity index (χ1v) is 12.7. The van der Waals surface area contributed by atoms with Gasteiger partial charge < -0.3 is 14.4 Å². The molecule has 1 aliphatic rings. The maximum Gasteiger partial charge on any atom is 0.120 e. The summed E-state index contributed by atoms with van der Waals surface area (Å²) >= 11 is 0. The maximum atomic E-state index is 10.7. The van der Waals surface area contributed by atoms with E-state index in [1.165, 1.54) is 11.1 Å². The molecule has 1 N–H and O–H groups in total. The number of aliphatic hydroxyl groups is 1. The van der Waals surface area contributed by atoms with Gasteiger partial charge in [0, 0.05) is 25.2 Å². The highest BCUT2D eigenvalue weighted by Crippen LogP contribution is 2.28. The van der Waals surface area contributed by atoms with Crippen LogP contribution in [-0.2, 0) is 13.0 Å². The second-order valence-corrected chi connectivity index (χ2v) is 9.49. The molecule has 5 aromatic rings. The minimum Gasteiger partial charge on any atom is -0.491 e. The Morgan fingerprint density at radius 3 is 2.62 bits per heavy atom. The molecule has 4 aromatic carbocycles. The van der Waals surface area contributed by atoms with Gasteiger partial charge in [-0.15, -0.1) is 0 Å². The van der Waals surface area contributed by atoms with Gasteiger partial charge in [-0.1, -0.05) is 72.8 Å². The smallest absolute Gasteiger partial charge is 0.120 e. The average Bonchev–Trinajstić information content (AvgIpc) is 3.35. The third-order valence-electron chi connectivity index (χ3n) is 6.87. The van der Waals surface area contributed by atoms with Crippen LogP contribution in [0, 0.1) is 0 Å². The Kier molecular flexibility index (Phi) is 6.53. The highest BCUT2D eigenvalue weighted by atomic mass is 16.5. The van der Waals surface area contributed by atoms with Gasteiger partial charge in [-0.3, -0.25) is 4.99 Å². The van der Waals surface area contributed by atoms with Crippen molar-refractivity contribution in [1.29, 1.82) is 0 Å². The standard InChI is InChI=1S/C32H29N3O2/c36-27(19-31-29-12-5-4-9-24(29)15-16-33-31)21-37-28-11-6-10-25(17-28)26-13-14-30-32(18-26)35(22-34-30)20-23-7-2-1-3-8-23/h1-14,17-18,22,27,36H,15-16,19-21H2. The summed E-state index contributed by atoms with van der Waals surface area (Å²) in [4.78, 5) is 9.25. The molecular formula is C32H29N3O2. The Morgan fingerprint density at radius 1 is 0.865 bits per heavy atom. The van der Waals surface area contributed by atoms with Gasteiger partial charge in [0.25, 0.3) is 0 Å².